The van der Waals surface area contributed by atoms with Crippen molar-refractivity contribution < 1.29 is 22.4 Å². The van der Waals surface area contributed by atoms with Crippen molar-refractivity contribution in [2.24, 2.45) is 5.92 Å². The van der Waals surface area contributed by atoms with Crippen LogP contribution in [0.3, 0.4) is 0 Å². The molecular weight excluding hydrogens is 601 g/mol. The number of carbonyl (C=O) groups is 2. The van der Waals surface area contributed by atoms with Gasteiger partial charge >= 0.3 is 0 Å². The van der Waals surface area contributed by atoms with Gasteiger partial charge in [-0.25, -0.2) is 12.8 Å². The minimum Gasteiger partial charge on any atom is -0.354 e. The van der Waals surface area contributed by atoms with Crippen molar-refractivity contribution in [1.82, 2.24) is 10.2 Å². The van der Waals surface area contributed by atoms with E-state index < -0.39 is 40.2 Å². The molecule has 1 unspecified atom stereocenters. The zero-order valence-electron chi connectivity index (χ0n) is 24.6. The van der Waals surface area contributed by atoms with E-state index in [-0.39, 0.29) is 40.1 Å². The number of hydrogen-bond donors (Lipinski definition) is 1. The summed E-state index contributed by atoms with van der Waals surface area (Å²) >= 11 is 6.24. The summed E-state index contributed by atoms with van der Waals surface area (Å²) in [5.41, 5.74) is 1.15. The minimum absolute atomic E-state index is 0.0241. The van der Waals surface area contributed by atoms with Crippen molar-refractivity contribution in [3.8, 4) is 0 Å². The summed E-state index contributed by atoms with van der Waals surface area (Å²) in [6.45, 7) is 3.35. The summed E-state index contributed by atoms with van der Waals surface area (Å²) in [6.07, 6.45) is 0.133. The van der Waals surface area contributed by atoms with Crippen LogP contribution in [0.15, 0.2) is 114 Å². The average molecular weight is 636 g/mol. The standard InChI is InChI=1S/C34H35ClFN3O4S/c1-25(2)22-37-34(41)32(20-26-12-5-3-6-13-26)38(23-27-14-9-10-19-31(27)36)33(40)24-39(29-16-11-15-28(35)21-29)44(42,43)30-17-7-4-8-18-30/h3-19,21,25,32H,20,22-24H2,1-2H3,(H,37,41). The average Bonchev–Trinajstić information content (AvgIpc) is 3.02. The second kappa shape index (κ2) is 15.0. The largest absolute Gasteiger partial charge is 0.354 e. The molecule has 0 radical (unpaired) electrons. The number of sulfonamides is 1. The third kappa shape index (κ3) is 8.45. The van der Waals surface area contributed by atoms with Crippen LogP contribution in [0.25, 0.3) is 0 Å². The van der Waals surface area contributed by atoms with Gasteiger partial charge in [-0.1, -0.05) is 98.2 Å². The van der Waals surface area contributed by atoms with Crippen LogP contribution in [-0.2, 0) is 32.6 Å². The first-order valence-corrected chi connectivity index (χ1v) is 16.1. The normalized spacial score (nSPS) is 12.0. The third-order valence-electron chi connectivity index (χ3n) is 6.96. The Morgan fingerprint density at radius 2 is 1.50 bits per heavy atom. The fraction of sp³-hybridized carbons (Fsp3) is 0.235. The van der Waals surface area contributed by atoms with Crippen molar-refractivity contribution in [1.29, 1.82) is 0 Å². The van der Waals surface area contributed by atoms with Gasteiger partial charge in [-0.15, -0.1) is 0 Å². The van der Waals surface area contributed by atoms with E-state index in [4.69, 9.17) is 11.6 Å². The van der Waals surface area contributed by atoms with Crippen LogP contribution in [0.2, 0.25) is 5.02 Å². The monoisotopic (exact) mass is 635 g/mol. The van der Waals surface area contributed by atoms with Crippen LogP contribution in [0.1, 0.15) is 25.0 Å². The fourth-order valence-corrected chi connectivity index (χ4v) is 6.28. The molecule has 230 valence electrons. The smallest absolute Gasteiger partial charge is 0.264 e. The Hall–Kier alpha value is -4.21. The predicted molar refractivity (Wildman–Crippen MR) is 171 cm³/mol. The highest BCUT2D eigenvalue weighted by Gasteiger charge is 2.35. The zero-order chi connectivity index (χ0) is 31.7. The van der Waals surface area contributed by atoms with Crippen LogP contribution < -0.4 is 9.62 Å². The SMILES string of the molecule is CC(C)CNC(=O)C(Cc1ccccc1)N(Cc1ccccc1F)C(=O)CN(c1cccc(Cl)c1)S(=O)(=O)c1ccccc1. The van der Waals surface area contributed by atoms with Crippen LogP contribution >= 0.6 is 11.6 Å². The molecule has 0 saturated carbocycles. The van der Waals surface area contributed by atoms with Crippen LogP contribution in [0, 0.1) is 11.7 Å². The van der Waals surface area contributed by atoms with Crippen LogP contribution in [0.5, 0.6) is 0 Å². The second-order valence-corrected chi connectivity index (χ2v) is 13.1. The van der Waals surface area contributed by atoms with Gasteiger partial charge in [-0.2, -0.15) is 0 Å². The fourth-order valence-electron chi connectivity index (χ4n) is 4.67. The summed E-state index contributed by atoms with van der Waals surface area (Å²) in [5.74, 6) is -1.52. The molecule has 7 nitrogen and oxygen atoms in total. The number of anilines is 1. The van der Waals surface area contributed by atoms with Gasteiger partial charge < -0.3 is 10.2 Å². The van der Waals surface area contributed by atoms with E-state index in [0.717, 1.165) is 9.87 Å². The number of nitrogens with one attached hydrogen (secondary N) is 1. The second-order valence-electron chi connectivity index (χ2n) is 10.8. The van der Waals surface area contributed by atoms with E-state index in [2.05, 4.69) is 5.32 Å². The summed E-state index contributed by atoms with van der Waals surface area (Å²) in [7, 11) is -4.25. The Bertz CT molecular complexity index is 1670. The Morgan fingerprint density at radius 1 is 0.864 bits per heavy atom. The van der Waals surface area contributed by atoms with Crippen molar-refractivity contribution in [2.45, 2.75) is 37.8 Å². The van der Waals surface area contributed by atoms with Crippen LogP contribution in [-0.4, -0.2) is 44.3 Å². The molecule has 0 bridgehead atoms. The number of hydrogen-bond acceptors (Lipinski definition) is 4. The Morgan fingerprint density at radius 3 is 2.14 bits per heavy atom. The molecule has 0 saturated heterocycles. The molecule has 0 aromatic heterocycles. The lowest BCUT2D eigenvalue weighted by molar-refractivity contribution is -0.140. The molecular formula is C34H35ClFN3O4S. The molecule has 0 aliphatic heterocycles. The van der Waals surface area contributed by atoms with Gasteiger partial charge in [-0.05, 0) is 47.9 Å². The Kier molecular flexibility index (Phi) is 11.1. The number of nitrogens with zero attached hydrogens (tertiary/aromatic N) is 2. The first-order valence-electron chi connectivity index (χ1n) is 14.2. The lowest BCUT2D eigenvalue weighted by atomic mass is 10.0. The summed E-state index contributed by atoms with van der Waals surface area (Å²) in [6, 6.07) is 28.0. The number of amides is 2. The maximum atomic E-state index is 15.0. The first-order chi connectivity index (χ1) is 21.1. The molecule has 0 heterocycles. The molecule has 0 aliphatic carbocycles. The van der Waals surface area contributed by atoms with Gasteiger partial charge in [0.1, 0.15) is 18.4 Å². The van der Waals surface area contributed by atoms with Gasteiger partial charge in [0.25, 0.3) is 10.0 Å². The molecule has 4 rings (SSSR count). The zero-order valence-corrected chi connectivity index (χ0v) is 26.1. The van der Waals surface area contributed by atoms with E-state index in [1.807, 2.05) is 44.2 Å². The lowest BCUT2D eigenvalue weighted by Gasteiger charge is -2.34. The molecule has 2 amide bonds. The van der Waals surface area contributed by atoms with Crippen molar-refractivity contribution in [2.75, 3.05) is 17.4 Å². The molecule has 0 aliphatic rings. The van der Waals surface area contributed by atoms with E-state index >= 15 is 0 Å². The number of benzene rings is 4. The van der Waals surface area contributed by atoms with E-state index in [9.17, 15) is 22.4 Å². The maximum Gasteiger partial charge on any atom is 0.264 e. The Labute approximate surface area is 263 Å². The molecule has 1 atom stereocenters. The van der Waals surface area contributed by atoms with Crippen molar-refractivity contribution in [3.63, 3.8) is 0 Å². The topological polar surface area (TPSA) is 86.8 Å². The van der Waals surface area contributed by atoms with Gasteiger partial charge in [0.15, 0.2) is 0 Å². The molecule has 4 aromatic rings. The van der Waals surface area contributed by atoms with E-state index in [0.29, 0.717) is 6.54 Å². The van der Waals surface area contributed by atoms with Crippen molar-refractivity contribution in [3.05, 3.63) is 131 Å². The molecule has 0 fully saturated rings. The predicted octanol–water partition coefficient (Wildman–Crippen LogP) is 6.09. The molecule has 10 heteroatoms. The summed E-state index contributed by atoms with van der Waals surface area (Å²) in [4.78, 5) is 29.3. The van der Waals surface area contributed by atoms with Gasteiger partial charge in [0, 0.05) is 30.1 Å². The lowest BCUT2D eigenvalue weighted by Crippen LogP contribution is -2.53. The molecule has 4 aromatic carbocycles. The highest BCUT2D eigenvalue weighted by molar-refractivity contribution is 7.92. The third-order valence-corrected chi connectivity index (χ3v) is 8.98. The highest BCUT2D eigenvalue weighted by atomic mass is 35.5. The number of carbonyl (C=O) groups excluding carboxylic acids is 2. The van der Waals surface area contributed by atoms with Gasteiger partial charge in [0.05, 0.1) is 10.6 Å². The van der Waals surface area contributed by atoms with Gasteiger partial charge in [0.2, 0.25) is 11.8 Å². The first kappa shape index (κ1) is 32.7. The number of halogens is 2. The van der Waals surface area contributed by atoms with E-state index in [1.54, 1.807) is 36.4 Å². The molecule has 0 spiro atoms. The highest BCUT2D eigenvalue weighted by Crippen LogP contribution is 2.27. The van der Waals surface area contributed by atoms with E-state index in [1.165, 1.54) is 47.4 Å². The maximum absolute atomic E-state index is 15.0. The van der Waals surface area contributed by atoms with Gasteiger partial charge in [-0.3, -0.25) is 13.9 Å². The quantitative estimate of drug-likeness (QED) is 0.193. The summed E-state index contributed by atoms with van der Waals surface area (Å²) < 4.78 is 43.9. The van der Waals surface area contributed by atoms with Crippen LogP contribution in [0.4, 0.5) is 10.1 Å². The minimum atomic E-state index is -4.25. The van der Waals surface area contributed by atoms with Crippen molar-refractivity contribution >= 4 is 39.1 Å². The number of rotatable bonds is 13. The molecule has 44 heavy (non-hydrogen) atoms. The Balaban J connectivity index is 1.80. The summed E-state index contributed by atoms with van der Waals surface area (Å²) in [5, 5.41) is 3.19. The molecule has 1 N–H and O–H groups in total.